The Hall–Kier alpha value is 0.100. The Labute approximate surface area is 116 Å². The van der Waals surface area contributed by atoms with E-state index < -0.39 is 5.60 Å². The Morgan fingerprint density at radius 2 is 2.12 bits per heavy atom. The maximum Gasteiger partial charge on any atom is 0.0720 e. The lowest BCUT2D eigenvalue weighted by Crippen LogP contribution is -2.47. The summed E-state index contributed by atoms with van der Waals surface area (Å²) in [5, 5.41) is 12.7. The minimum atomic E-state index is -0.501. The standard InChI is InChI=1S/C13H20BrNOS/c1-10(2)15-6-4-13(16,5-7-15)9-12-11(14)3-8-17-12/h3,8,10,16H,4-7,9H2,1-2H3. The zero-order valence-corrected chi connectivity index (χ0v) is 12.9. The van der Waals surface area contributed by atoms with Gasteiger partial charge in [0.2, 0.25) is 0 Å². The van der Waals surface area contributed by atoms with Crippen molar-refractivity contribution in [3.63, 3.8) is 0 Å². The van der Waals surface area contributed by atoms with Gasteiger partial charge in [-0.15, -0.1) is 11.3 Å². The molecule has 1 N–H and O–H groups in total. The molecule has 17 heavy (non-hydrogen) atoms. The van der Waals surface area contributed by atoms with Crippen molar-refractivity contribution >= 4 is 27.3 Å². The van der Waals surface area contributed by atoms with E-state index in [9.17, 15) is 5.11 Å². The Morgan fingerprint density at radius 1 is 1.47 bits per heavy atom. The predicted octanol–water partition coefficient (Wildman–Crippen LogP) is 3.29. The smallest absolute Gasteiger partial charge is 0.0720 e. The number of thiophene rings is 1. The van der Waals surface area contributed by atoms with Gasteiger partial charge in [-0.05, 0) is 54.1 Å². The molecule has 0 amide bonds. The van der Waals surface area contributed by atoms with Crippen LogP contribution in [0, 0.1) is 0 Å². The SMILES string of the molecule is CC(C)N1CCC(O)(Cc2sccc2Br)CC1. The Morgan fingerprint density at radius 3 is 2.59 bits per heavy atom. The van der Waals surface area contributed by atoms with E-state index in [-0.39, 0.29) is 0 Å². The van der Waals surface area contributed by atoms with Crippen LogP contribution in [0.3, 0.4) is 0 Å². The van der Waals surface area contributed by atoms with Gasteiger partial charge in [-0.3, -0.25) is 0 Å². The van der Waals surface area contributed by atoms with Crippen molar-refractivity contribution in [2.75, 3.05) is 13.1 Å². The number of nitrogens with zero attached hydrogens (tertiary/aromatic N) is 1. The third kappa shape index (κ3) is 3.31. The average Bonchev–Trinajstić information content (AvgIpc) is 2.64. The van der Waals surface area contributed by atoms with Gasteiger partial charge in [0.15, 0.2) is 0 Å². The van der Waals surface area contributed by atoms with Crippen LogP contribution in [0.15, 0.2) is 15.9 Å². The van der Waals surface area contributed by atoms with Crippen molar-refractivity contribution < 1.29 is 5.11 Å². The molecule has 0 aliphatic carbocycles. The van der Waals surface area contributed by atoms with E-state index in [2.05, 4.69) is 46.1 Å². The van der Waals surface area contributed by atoms with Gasteiger partial charge in [-0.25, -0.2) is 0 Å². The summed E-state index contributed by atoms with van der Waals surface area (Å²) >= 11 is 5.27. The van der Waals surface area contributed by atoms with Crippen LogP contribution in [0.1, 0.15) is 31.6 Å². The molecule has 0 unspecified atom stereocenters. The molecule has 1 aliphatic heterocycles. The number of hydrogen-bond acceptors (Lipinski definition) is 3. The minimum Gasteiger partial charge on any atom is -0.389 e. The largest absolute Gasteiger partial charge is 0.389 e. The molecule has 1 saturated heterocycles. The van der Waals surface area contributed by atoms with Crippen LogP contribution in [-0.2, 0) is 6.42 Å². The van der Waals surface area contributed by atoms with Crippen LogP contribution >= 0.6 is 27.3 Å². The van der Waals surface area contributed by atoms with E-state index in [1.807, 2.05) is 0 Å². The highest BCUT2D eigenvalue weighted by molar-refractivity contribution is 9.10. The first-order valence-electron chi connectivity index (χ1n) is 6.18. The quantitative estimate of drug-likeness (QED) is 0.924. The zero-order valence-electron chi connectivity index (χ0n) is 10.4. The van der Waals surface area contributed by atoms with Crippen molar-refractivity contribution in [2.45, 2.75) is 44.8 Å². The summed E-state index contributed by atoms with van der Waals surface area (Å²) in [6.07, 6.45) is 2.56. The molecular formula is C13H20BrNOS. The first-order chi connectivity index (χ1) is 8.00. The second kappa shape index (κ2) is 5.39. The molecule has 0 saturated carbocycles. The number of aliphatic hydroxyl groups is 1. The zero-order chi connectivity index (χ0) is 12.5. The molecule has 2 heterocycles. The first kappa shape index (κ1) is 13.5. The van der Waals surface area contributed by atoms with Gasteiger partial charge in [-0.1, -0.05) is 0 Å². The maximum absolute atomic E-state index is 10.6. The third-order valence-electron chi connectivity index (χ3n) is 3.64. The van der Waals surface area contributed by atoms with E-state index in [0.29, 0.717) is 6.04 Å². The molecule has 0 atom stereocenters. The van der Waals surface area contributed by atoms with Crippen LogP contribution in [0.25, 0.3) is 0 Å². The average molecular weight is 318 g/mol. The fourth-order valence-electron chi connectivity index (χ4n) is 2.38. The Kier molecular flexibility index (Phi) is 4.29. The van der Waals surface area contributed by atoms with E-state index in [4.69, 9.17) is 0 Å². The van der Waals surface area contributed by atoms with E-state index in [1.165, 1.54) is 4.88 Å². The monoisotopic (exact) mass is 317 g/mol. The van der Waals surface area contributed by atoms with E-state index in [0.717, 1.165) is 36.8 Å². The lowest BCUT2D eigenvalue weighted by atomic mass is 9.87. The highest BCUT2D eigenvalue weighted by atomic mass is 79.9. The number of rotatable bonds is 3. The molecule has 1 fully saturated rings. The van der Waals surface area contributed by atoms with Gasteiger partial charge in [0.05, 0.1) is 5.60 Å². The summed E-state index contributed by atoms with van der Waals surface area (Å²) in [6.45, 7) is 6.47. The molecule has 0 aromatic carbocycles. The second-order valence-electron chi connectivity index (χ2n) is 5.22. The summed E-state index contributed by atoms with van der Waals surface area (Å²) in [4.78, 5) is 3.71. The number of halogens is 1. The van der Waals surface area contributed by atoms with Crippen LogP contribution in [0.5, 0.6) is 0 Å². The molecular weight excluding hydrogens is 298 g/mol. The van der Waals surface area contributed by atoms with Crippen molar-refractivity contribution in [2.24, 2.45) is 0 Å². The first-order valence-corrected chi connectivity index (χ1v) is 7.86. The molecule has 1 aromatic heterocycles. The fraction of sp³-hybridized carbons (Fsp3) is 0.692. The minimum absolute atomic E-state index is 0.501. The topological polar surface area (TPSA) is 23.5 Å². The predicted molar refractivity (Wildman–Crippen MR) is 76.6 cm³/mol. The summed E-state index contributed by atoms with van der Waals surface area (Å²) in [5.74, 6) is 0. The van der Waals surface area contributed by atoms with Gasteiger partial charge in [0.1, 0.15) is 0 Å². The summed E-state index contributed by atoms with van der Waals surface area (Å²) in [5.41, 5.74) is -0.501. The number of hydrogen-bond donors (Lipinski definition) is 1. The Bertz CT molecular complexity index is 369. The summed E-state index contributed by atoms with van der Waals surface area (Å²) in [7, 11) is 0. The van der Waals surface area contributed by atoms with Gasteiger partial charge in [0, 0.05) is 34.9 Å². The summed E-state index contributed by atoms with van der Waals surface area (Å²) in [6, 6.07) is 2.65. The van der Waals surface area contributed by atoms with Crippen molar-refractivity contribution in [1.82, 2.24) is 4.90 Å². The fourth-order valence-corrected chi connectivity index (χ4v) is 4.01. The molecule has 2 nitrogen and oxygen atoms in total. The molecule has 1 aliphatic rings. The normalized spacial score (nSPS) is 21.0. The van der Waals surface area contributed by atoms with Gasteiger partial charge in [0.25, 0.3) is 0 Å². The number of piperidine rings is 1. The molecule has 4 heteroatoms. The van der Waals surface area contributed by atoms with Crippen molar-refractivity contribution in [1.29, 1.82) is 0 Å². The molecule has 0 bridgehead atoms. The highest BCUT2D eigenvalue weighted by Crippen LogP contribution is 2.32. The summed E-state index contributed by atoms with van der Waals surface area (Å²) < 4.78 is 1.14. The van der Waals surface area contributed by atoms with Crippen molar-refractivity contribution in [3.8, 4) is 0 Å². The molecule has 96 valence electrons. The van der Waals surface area contributed by atoms with Gasteiger partial charge in [-0.2, -0.15) is 0 Å². The lowest BCUT2D eigenvalue weighted by Gasteiger charge is -2.40. The van der Waals surface area contributed by atoms with Crippen LogP contribution in [-0.4, -0.2) is 34.7 Å². The molecule has 2 rings (SSSR count). The van der Waals surface area contributed by atoms with Crippen LogP contribution in [0.4, 0.5) is 0 Å². The van der Waals surface area contributed by atoms with Crippen molar-refractivity contribution in [3.05, 3.63) is 20.8 Å². The third-order valence-corrected chi connectivity index (χ3v) is 5.57. The molecule has 0 spiro atoms. The number of likely N-dealkylation sites (tertiary alicyclic amines) is 1. The van der Waals surface area contributed by atoms with Gasteiger partial charge < -0.3 is 10.0 Å². The van der Waals surface area contributed by atoms with E-state index >= 15 is 0 Å². The van der Waals surface area contributed by atoms with Crippen LogP contribution in [0.2, 0.25) is 0 Å². The van der Waals surface area contributed by atoms with Gasteiger partial charge >= 0.3 is 0 Å². The van der Waals surface area contributed by atoms with Crippen LogP contribution < -0.4 is 0 Å². The van der Waals surface area contributed by atoms with E-state index in [1.54, 1.807) is 11.3 Å². The highest BCUT2D eigenvalue weighted by Gasteiger charge is 2.33. The molecule has 0 radical (unpaired) electrons. The Balaban J connectivity index is 1.96. The lowest BCUT2D eigenvalue weighted by molar-refractivity contribution is -0.0266. The molecule has 1 aromatic rings. The maximum atomic E-state index is 10.6. The second-order valence-corrected chi connectivity index (χ2v) is 7.08.